The van der Waals surface area contributed by atoms with E-state index < -0.39 is 0 Å². The second kappa shape index (κ2) is 7.29. The van der Waals surface area contributed by atoms with Gasteiger partial charge in [0.25, 0.3) is 0 Å². The summed E-state index contributed by atoms with van der Waals surface area (Å²) >= 11 is 0. The van der Waals surface area contributed by atoms with Crippen LogP contribution in [0.15, 0.2) is 66.9 Å². The smallest absolute Gasteiger partial charge is 0.228 e. The van der Waals surface area contributed by atoms with E-state index in [1.54, 1.807) is 13.3 Å². The van der Waals surface area contributed by atoms with E-state index in [0.717, 1.165) is 22.3 Å². The van der Waals surface area contributed by atoms with Gasteiger partial charge in [-0.1, -0.05) is 24.3 Å². The number of aromatic amines is 1. The van der Waals surface area contributed by atoms with Crippen molar-refractivity contribution < 1.29 is 9.53 Å². The molecule has 2 N–H and O–H groups in total. The number of amides is 1. The molecule has 0 aliphatic carbocycles. The summed E-state index contributed by atoms with van der Waals surface area (Å²) in [6.07, 6.45) is 1.97. The normalized spacial score (nSPS) is 10.7. The van der Waals surface area contributed by atoms with Gasteiger partial charge in [-0.2, -0.15) is 0 Å². The van der Waals surface area contributed by atoms with Crippen molar-refractivity contribution in [3.63, 3.8) is 0 Å². The standard InChI is InChI=1S/C21H18N4O2/c1-27-19-8-3-2-6-14(19)12-20(26)23-15-9-10-16-18(13-15)25-21(24-16)17-7-4-5-11-22-17/h2-11,13H,12H2,1H3,(H,23,26)(H,24,25). The van der Waals surface area contributed by atoms with Gasteiger partial charge < -0.3 is 15.0 Å². The third-order valence-electron chi connectivity index (χ3n) is 4.22. The summed E-state index contributed by atoms with van der Waals surface area (Å²) in [5.41, 5.74) is 3.98. The van der Waals surface area contributed by atoms with Crippen molar-refractivity contribution in [3.05, 3.63) is 72.4 Å². The summed E-state index contributed by atoms with van der Waals surface area (Å²) in [7, 11) is 1.60. The number of hydrogen-bond donors (Lipinski definition) is 2. The van der Waals surface area contributed by atoms with Crippen LogP contribution < -0.4 is 10.1 Å². The van der Waals surface area contributed by atoms with Gasteiger partial charge in [0.05, 0.1) is 24.6 Å². The monoisotopic (exact) mass is 358 g/mol. The number of ether oxygens (including phenoxy) is 1. The highest BCUT2D eigenvalue weighted by Gasteiger charge is 2.10. The van der Waals surface area contributed by atoms with Crippen molar-refractivity contribution in [1.82, 2.24) is 15.0 Å². The lowest BCUT2D eigenvalue weighted by molar-refractivity contribution is -0.115. The number of anilines is 1. The number of para-hydroxylation sites is 1. The first kappa shape index (κ1) is 16.8. The van der Waals surface area contributed by atoms with E-state index in [4.69, 9.17) is 4.74 Å². The van der Waals surface area contributed by atoms with E-state index in [9.17, 15) is 4.79 Å². The van der Waals surface area contributed by atoms with Crippen molar-refractivity contribution >= 4 is 22.6 Å². The molecule has 0 saturated carbocycles. The summed E-state index contributed by atoms with van der Waals surface area (Å²) < 4.78 is 5.30. The molecule has 4 aromatic rings. The molecule has 27 heavy (non-hydrogen) atoms. The highest BCUT2D eigenvalue weighted by Crippen LogP contribution is 2.22. The lowest BCUT2D eigenvalue weighted by Crippen LogP contribution is -2.14. The number of hydrogen-bond acceptors (Lipinski definition) is 4. The van der Waals surface area contributed by atoms with Gasteiger partial charge in [-0.15, -0.1) is 0 Å². The molecule has 2 aromatic carbocycles. The highest BCUT2D eigenvalue weighted by molar-refractivity contribution is 5.94. The Kier molecular flexibility index (Phi) is 4.53. The zero-order valence-electron chi connectivity index (χ0n) is 14.8. The molecule has 134 valence electrons. The fourth-order valence-corrected chi connectivity index (χ4v) is 2.94. The van der Waals surface area contributed by atoms with Gasteiger partial charge in [0.15, 0.2) is 5.82 Å². The number of benzene rings is 2. The lowest BCUT2D eigenvalue weighted by atomic mass is 10.1. The summed E-state index contributed by atoms with van der Waals surface area (Å²) in [4.78, 5) is 24.5. The maximum absolute atomic E-state index is 12.4. The molecule has 0 saturated heterocycles. The van der Waals surface area contributed by atoms with Crippen LogP contribution in [0.5, 0.6) is 5.75 Å². The molecule has 0 radical (unpaired) electrons. The van der Waals surface area contributed by atoms with E-state index in [2.05, 4.69) is 20.3 Å². The zero-order valence-corrected chi connectivity index (χ0v) is 14.8. The Balaban J connectivity index is 1.53. The van der Waals surface area contributed by atoms with Crippen LogP contribution in [-0.2, 0) is 11.2 Å². The van der Waals surface area contributed by atoms with Crippen LogP contribution in [0.25, 0.3) is 22.6 Å². The average molecular weight is 358 g/mol. The van der Waals surface area contributed by atoms with Crippen molar-refractivity contribution in [2.75, 3.05) is 12.4 Å². The van der Waals surface area contributed by atoms with Gasteiger partial charge in [-0.25, -0.2) is 4.98 Å². The van der Waals surface area contributed by atoms with Crippen LogP contribution in [0.3, 0.4) is 0 Å². The summed E-state index contributed by atoms with van der Waals surface area (Å²) in [6.45, 7) is 0. The Morgan fingerprint density at radius 3 is 2.78 bits per heavy atom. The van der Waals surface area contributed by atoms with E-state index >= 15 is 0 Å². The molecule has 4 rings (SSSR count). The number of rotatable bonds is 5. The molecule has 0 unspecified atom stereocenters. The quantitative estimate of drug-likeness (QED) is 0.568. The number of nitrogens with zero attached hydrogens (tertiary/aromatic N) is 2. The molecule has 2 heterocycles. The maximum Gasteiger partial charge on any atom is 0.228 e. The number of imidazole rings is 1. The largest absolute Gasteiger partial charge is 0.496 e. The van der Waals surface area contributed by atoms with Gasteiger partial charge >= 0.3 is 0 Å². The Morgan fingerprint density at radius 2 is 1.96 bits per heavy atom. The van der Waals surface area contributed by atoms with Crippen LogP contribution in [0.4, 0.5) is 5.69 Å². The second-order valence-corrected chi connectivity index (χ2v) is 6.07. The second-order valence-electron chi connectivity index (χ2n) is 6.07. The first-order valence-electron chi connectivity index (χ1n) is 8.56. The Morgan fingerprint density at radius 1 is 1.11 bits per heavy atom. The summed E-state index contributed by atoms with van der Waals surface area (Å²) in [5.74, 6) is 1.29. The van der Waals surface area contributed by atoms with Crippen molar-refractivity contribution in [2.24, 2.45) is 0 Å². The molecular formula is C21H18N4O2. The number of methoxy groups -OCH3 is 1. The minimum Gasteiger partial charge on any atom is -0.496 e. The third-order valence-corrected chi connectivity index (χ3v) is 4.22. The number of fused-ring (bicyclic) bond motifs is 1. The third kappa shape index (κ3) is 3.64. The SMILES string of the molecule is COc1ccccc1CC(=O)Nc1ccc2nc(-c3ccccn3)[nH]c2c1. The topological polar surface area (TPSA) is 79.9 Å². The van der Waals surface area contributed by atoms with Gasteiger partial charge in [0, 0.05) is 17.4 Å². The fourth-order valence-electron chi connectivity index (χ4n) is 2.94. The van der Waals surface area contributed by atoms with Gasteiger partial charge in [-0.05, 0) is 36.4 Å². The molecule has 1 amide bonds. The fraction of sp³-hybridized carbons (Fsp3) is 0.0952. The highest BCUT2D eigenvalue weighted by atomic mass is 16.5. The van der Waals surface area contributed by atoms with E-state index in [1.807, 2.05) is 60.7 Å². The lowest BCUT2D eigenvalue weighted by Gasteiger charge is -2.09. The number of nitrogens with one attached hydrogen (secondary N) is 2. The number of pyridine rings is 1. The van der Waals surface area contributed by atoms with E-state index in [-0.39, 0.29) is 12.3 Å². The summed E-state index contributed by atoms with van der Waals surface area (Å²) in [6, 6.07) is 18.8. The first-order valence-corrected chi connectivity index (χ1v) is 8.56. The molecule has 6 heteroatoms. The molecule has 6 nitrogen and oxygen atoms in total. The first-order chi connectivity index (χ1) is 13.2. The Labute approximate surface area is 156 Å². The Hall–Kier alpha value is -3.67. The molecule has 0 atom stereocenters. The molecule has 0 aliphatic heterocycles. The zero-order chi connectivity index (χ0) is 18.6. The number of carbonyl (C=O) groups excluding carboxylic acids is 1. The van der Waals surface area contributed by atoms with Crippen LogP contribution in [0.2, 0.25) is 0 Å². The van der Waals surface area contributed by atoms with Crippen LogP contribution in [0.1, 0.15) is 5.56 Å². The van der Waals surface area contributed by atoms with Crippen molar-refractivity contribution in [3.8, 4) is 17.3 Å². The molecule has 0 aliphatic rings. The number of aromatic nitrogens is 3. The van der Waals surface area contributed by atoms with Crippen molar-refractivity contribution in [1.29, 1.82) is 0 Å². The van der Waals surface area contributed by atoms with E-state index in [0.29, 0.717) is 17.3 Å². The van der Waals surface area contributed by atoms with Gasteiger partial charge in [0.2, 0.25) is 5.91 Å². The van der Waals surface area contributed by atoms with Gasteiger partial charge in [0.1, 0.15) is 11.4 Å². The molecule has 0 fully saturated rings. The summed E-state index contributed by atoms with van der Waals surface area (Å²) in [5, 5.41) is 2.92. The average Bonchev–Trinajstić information content (AvgIpc) is 3.12. The van der Waals surface area contributed by atoms with Gasteiger partial charge in [-0.3, -0.25) is 9.78 Å². The number of carbonyl (C=O) groups is 1. The predicted molar refractivity (Wildman–Crippen MR) is 105 cm³/mol. The van der Waals surface area contributed by atoms with E-state index in [1.165, 1.54) is 0 Å². The predicted octanol–water partition coefficient (Wildman–Crippen LogP) is 3.81. The molecule has 0 spiro atoms. The van der Waals surface area contributed by atoms with Crippen LogP contribution in [0, 0.1) is 0 Å². The molecule has 0 bridgehead atoms. The molecular weight excluding hydrogens is 340 g/mol. The Bertz CT molecular complexity index is 1090. The minimum atomic E-state index is -0.108. The number of H-pyrrole nitrogens is 1. The minimum absolute atomic E-state index is 0.108. The van der Waals surface area contributed by atoms with Crippen molar-refractivity contribution in [2.45, 2.75) is 6.42 Å². The maximum atomic E-state index is 12.4. The van der Waals surface area contributed by atoms with Crippen LogP contribution in [-0.4, -0.2) is 28.0 Å². The van der Waals surface area contributed by atoms with Crippen LogP contribution >= 0.6 is 0 Å². The molecule has 2 aromatic heterocycles.